The molecule has 4 rings (SSSR count). The molecule has 0 aromatic heterocycles. The average molecular weight is 388 g/mol. The highest BCUT2D eigenvalue weighted by Gasteiger charge is 2.41. The molecule has 0 saturated heterocycles. The highest BCUT2D eigenvalue weighted by Crippen LogP contribution is 2.40. The molecule has 3 heteroatoms. The summed E-state index contributed by atoms with van der Waals surface area (Å²) in [6.07, 6.45) is 1.44. The van der Waals surface area contributed by atoms with E-state index in [1.807, 2.05) is 36.4 Å². The van der Waals surface area contributed by atoms with Gasteiger partial charge in [-0.3, -0.25) is 0 Å². The van der Waals surface area contributed by atoms with Crippen LogP contribution < -0.4 is 10.4 Å². The van der Waals surface area contributed by atoms with Crippen LogP contribution in [0.25, 0.3) is 0 Å². The maximum absolute atomic E-state index is 11.6. The Labute approximate surface area is 169 Å². The van der Waals surface area contributed by atoms with Crippen molar-refractivity contribution >= 4 is 19.4 Å². The van der Waals surface area contributed by atoms with E-state index in [0.717, 1.165) is 22.4 Å². The highest BCUT2D eigenvalue weighted by molar-refractivity contribution is 6.80. The third-order valence-electron chi connectivity index (χ3n) is 5.47. The minimum Gasteiger partial charge on any atom is -0.376 e. The molecule has 1 aliphatic carbocycles. The van der Waals surface area contributed by atoms with Gasteiger partial charge in [0.25, 0.3) is 9.04 Å². The smallest absolute Gasteiger partial charge is 0.286 e. The molecule has 2 nitrogen and oxygen atoms in total. The standard InChI is InChI=1S/C25H27O2Si/c1-24(2,3)20-15-14-19-16-17-25(26,23(19)18-20)27-28(21-10-6-4-7-11-21)22-12-8-5-9-13-22/h4-15,18,26H,16-17H2,1-3H3. The summed E-state index contributed by atoms with van der Waals surface area (Å²) in [5, 5.41) is 13.9. The summed E-state index contributed by atoms with van der Waals surface area (Å²) in [5.74, 6) is -1.24. The predicted octanol–water partition coefficient (Wildman–Crippen LogP) is 3.90. The molecule has 3 aromatic rings. The molecule has 1 radical (unpaired) electrons. The van der Waals surface area contributed by atoms with Crippen LogP contribution in [0.1, 0.15) is 43.9 Å². The predicted molar refractivity (Wildman–Crippen MR) is 116 cm³/mol. The molecule has 0 heterocycles. The van der Waals surface area contributed by atoms with E-state index in [1.54, 1.807) is 0 Å². The molecule has 0 bridgehead atoms. The van der Waals surface area contributed by atoms with Crippen LogP contribution >= 0.6 is 0 Å². The molecule has 0 amide bonds. The largest absolute Gasteiger partial charge is 0.376 e. The first-order valence-corrected chi connectivity index (χ1v) is 11.3. The lowest BCUT2D eigenvalue weighted by Crippen LogP contribution is -2.50. The minimum absolute atomic E-state index is 0.0329. The molecular weight excluding hydrogens is 360 g/mol. The number of rotatable bonds is 4. The van der Waals surface area contributed by atoms with Crippen LogP contribution in [0.3, 0.4) is 0 Å². The van der Waals surface area contributed by atoms with Gasteiger partial charge in [0.2, 0.25) is 0 Å². The summed E-state index contributed by atoms with van der Waals surface area (Å²) in [5.41, 5.74) is 3.39. The normalized spacial score (nSPS) is 19.0. The lowest BCUT2D eigenvalue weighted by atomic mass is 9.85. The van der Waals surface area contributed by atoms with E-state index in [4.69, 9.17) is 4.43 Å². The SMILES string of the molecule is CC(C)(C)c1ccc2c(c1)C(O)(O[Si](c1ccccc1)c1ccccc1)CC2. The Morgan fingerprint density at radius 2 is 1.43 bits per heavy atom. The fourth-order valence-electron chi connectivity index (χ4n) is 3.80. The first-order valence-electron chi connectivity index (χ1n) is 9.90. The third-order valence-corrected chi connectivity index (χ3v) is 7.73. The van der Waals surface area contributed by atoms with Crippen molar-refractivity contribution in [1.29, 1.82) is 0 Å². The average Bonchev–Trinajstić information content (AvgIpc) is 3.03. The maximum Gasteiger partial charge on any atom is 0.286 e. The number of hydrogen-bond acceptors (Lipinski definition) is 2. The van der Waals surface area contributed by atoms with Crippen LogP contribution in [-0.4, -0.2) is 14.1 Å². The first-order chi connectivity index (χ1) is 13.4. The summed E-state index contributed by atoms with van der Waals surface area (Å²) in [6, 6.07) is 27.1. The number of hydrogen-bond donors (Lipinski definition) is 1. The molecule has 1 aliphatic rings. The Morgan fingerprint density at radius 3 is 1.96 bits per heavy atom. The number of benzene rings is 3. The summed E-state index contributed by atoms with van der Waals surface area (Å²) in [4.78, 5) is 0. The summed E-state index contributed by atoms with van der Waals surface area (Å²) in [7, 11) is -1.58. The molecule has 143 valence electrons. The zero-order valence-corrected chi connectivity index (χ0v) is 17.8. The minimum atomic E-state index is -1.58. The monoisotopic (exact) mass is 387 g/mol. The third kappa shape index (κ3) is 3.70. The van der Waals surface area contributed by atoms with Gasteiger partial charge in [0.15, 0.2) is 5.79 Å². The lowest BCUT2D eigenvalue weighted by molar-refractivity contribution is -0.144. The Morgan fingerprint density at radius 1 is 0.857 bits per heavy atom. The molecular formula is C25H27O2Si. The quantitative estimate of drug-likeness (QED) is 0.543. The van der Waals surface area contributed by atoms with Crippen LogP contribution in [0.5, 0.6) is 0 Å². The second kappa shape index (κ2) is 7.32. The van der Waals surface area contributed by atoms with E-state index in [2.05, 4.69) is 63.2 Å². The van der Waals surface area contributed by atoms with E-state index in [1.165, 1.54) is 11.1 Å². The van der Waals surface area contributed by atoms with Crippen LogP contribution in [0.15, 0.2) is 78.9 Å². The molecule has 1 atom stereocenters. The van der Waals surface area contributed by atoms with E-state index < -0.39 is 14.8 Å². The summed E-state index contributed by atoms with van der Waals surface area (Å²) >= 11 is 0. The van der Waals surface area contributed by atoms with Crippen LogP contribution in [0, 0.1) is 0 Å². The van der Waals surface area contributed by atoms with E-state index >= 15 is 0 Å². The van der Waals surface area contributed by atoms with Crippen molar-refractivity contribution in [3.63, 3.8) is 0 Å². The van der Waals surface area contributed by atoms with Gasteiger partial charge in [-0.25, -0.2) is 0 Å². The topological polar surface area (TPSA) is 29.5 Å². The molecule has 3 aromatic carbocycles. The Balaban J connectivity index is 1.75. The van der Waals surface area contributed by atoms with Gasteiger partial charge in [0, 0.05) is 12.0 Å². The van der Waals surface area contributed by atoms with Crippen LogP contribution in [0.4, 0.5) is 0 Å². The fourth-order valence-corrected chi connectivity index (χ4v) is 5.91. The lowest BCUT2D eigenvalue weighted by Gasteiger charge is -2.31. The second-order valence-corrected chi connectivity index (χ2v) is 10.6. The van der Waals surface area contributed by atoms with Gasteiger partial charge in [0.05, 0.1) is 0 Å². The van der Waals surface area contributed by atoms with Crippen LogP contribution in [0.2, 0.25) is 0 Å². The van der Waals surface area contributed by atoms with Crippen molar-refractivity contribution in [2.75, 3.05) is 0 Å². The second-order valence-electron chi connectivity index (χ2n) is 8.57. The van der Waals surface area contributed by atoms with Gasteiger partial charge >= 0.3 is 0 Å². The Hall–Kier alpha value is -2.20. The van der Waals surface area contributed by atoms with Gasteiger partial charge in [-0.05, 0) is 39.4 Å². The Kier molecular flexibility index (Phi) is 5.00. The van der Waals surface area contributed by atoms with Crippen molar-refractivity contribution in [3.8, 4) is 0 Å². The van der Waals surface area contributed by atoms with Gasteiger partial charge in [-0.15, -0.1) is 0 Å². The van der Waals surface area contributed by atoms with Crippen molar-refractivity contribution in [2.24, 2.45) is 0 Å². The molecule has 0 aliphatic heterocycles. The van der Waals surface area contributed by atoms with Crippen molar-refractivity contribution in [1.82, 2.24) is 0 Å². The molecule has 28 heavy (non-hydrogen) atoms. The Bertz CT molecular complexity index is 908. The van der Waals surface area contributed by atoms with Crippen molar-refractivity contribution in [3.05, 3.63) is 95.6 Å². The van der Waals surface area contributed by atoms with Crippen molar-refractivity contribution < 1.29 is 9.53 Å². The summed E-state index contributed by atoms with van der Waals surface area (Å²) in [6.45, 7) is 6.60. The van der Waals surface area contributed by atoms with Gasteiger partial charge < -0.3 is 9.53 Å². The zero-order chi connectivity index (χ0) is 19.8. The molecule has 0 saturated carbocycles. The van der Waals surface area contributed by atoms with E-state index in [0.29, 0.717) is 6.42 Å². The number of aliphatic hydroxyl groups is 1. The number of aryl methyl sites for hydroxylation is 1. The van der Waals surface area contributed by atoms with E-state index in [-0.39, 0.29) is 5.41 Å². The van der Waals surface area contributed by atoms with Gasteiger partial charge in [-0.1, -0.05) is 93.6 Å². The molecule has 0 fully saturated rings. The summed E-state index contributed by atoms with van der Waals surface area (Å²) < 4.78 is 6.62. The molecule has 1 unspecified atom stereocenters. The molecule has 1 N–H and O–H groups in total. The highest BCUT2D eigenvalue weighted by atomic mass is 28.3. The van der Waals surface area contributed by atoms with Crippen LogP contribution in [-0.2, 0) is 22.0 Å². The molecule has 0 spiro atoms. The van der Waals surface area contributed by atoms with Gasteiger partial charge in [-0.2, -0.15) is 0 Å². The van der Waals surface area contributed by atoms with Gasteiger partial charge in [0.1, 0.15) is 0 Å². The fraction of sp³-hybridized carbons (Fsp3) is 0.280. The zero-order valence-electron chi connectivity index (χ0n) is 16.8. The van der Waals surface area contributed by atoms with E-state index in [9.17, 15) is 5.11 Å². The maximum atomic E-state index is 11.6. The number of fused-ring (bicyclic) bond motifs is 1. The van der Waals surface area contributed by atoms with Crippen molar-refractivity contribution in [2.45, 2.75) is 44.8 Å². The first kappa shape index (κ1) is 19.1.